The fraction of sp³-hybridized carbons (Fsp3) is 0.667. The van der Waals surface area contributed by atoms with Crippen LogP contribution in [0.25, 0.3) is 0 Å². The third-order valence-electron chi connectivity index (χ3n) is 4.23. The van der Waals surface area contributed by atoms with Crippen LogP contribution in [0.5, 0.6) is 0 Å². The number of rotatable bonds is 3. The Hall–Kier alpha value is -2.12. The van der Waals surface area contributed by atoms with Gasteiger partial charge in [-0.25, -0.2) is 9.89 Å². The molecule has 20 heavy (non-hydrogen) atoms. The summed E-state index contributed by atoms with van der Waals surface area (Å²) in [6, 6.07) is 0.273. The van der Waals surface area contributed by atoms with Crippen molar-refractivity contribution in [3.63, 3.8) is 0 Å². The van der Waals surface area contributed by atoms with Gasteiger partial charge in [0, 0.05) is 18.5 Å². The number of aromatic amines is 2. The van der Waals surface area contributed by atoms with Crippen LogP contribution in [0, 0.1) is 5.92 Å². The van der Waals surface area contributed by atoms with Gasteiger partial charge in [-0.2, -0.15) is 0 Å². The second kappa shape index (κ2) is 4.77. The maximum atomic E-state index is 11.8. The second-order valence-electron chi connectivity index (χ2n) is 5.56. The van der Waals surface area contributed by atoms with E-state index in [0.29, 0.717) is 0 Å². The first kappa shape index (κ1) is 12.9. The zero-order valence-electron chi connectivity index (χ0n) is 10.8. The van der Waals surface area contributed by atoms with Crippen LogP contribution in [-0.4, -0.2) is 38.3 Å². The molecular formula is C12H16N4O4. The van der Waals surface area contributed by atoms with Crippen molar-refractivity contribution in [2.45, 2.75) is 44.2 Å². The van der Waals surface area contributed by atoms with Gasteiger partial charge < -0.3 is 10.0 Å². The highest BCUT2D eigenvalue weighted by molar-refractivity contribution is 5.67. The van der Waals surface area contributed by atoms with Crippen molar-refractivity contribution in [1.82, 2.24) is 15.2 Å². The fourth-order valence-electron chi connectivity index (χ4n) is 3.57. The van der Waals surface area contributed by atoms with Crippen LogP contribution in [0.15, 0.2) is 9.59 Å². The van der Waals surface area contributed by atoms with Gasteiger partial charge in [0.2, 0.25) is 5.82 Å². The first-order valence-corrected chi connectivity index (χ1v) is 6.73. The van der Waals surface area contributed by atoms with E-state index in [1.165, 1.54) is 0 Å². The van der Waals surface area contributed by atoms with Gasteiger partial charge in [0.1, 0.15) is 0 Å². The van der Waals surface area contributed by atoms with E-state index in [2.05, 4.69) is 15.2 Å². The Morgan fingerprint density at radius 2 is 1.95 bits per heavy atom. The molecule has 2 aliphatic rings. The predicted octanol–water partition coefficient (Wildman–Crippen LogP) is -0.320. The molecule has 2 unspecified atom stereocenters. The van der Waals surface area contributed by atoms with Crippen LogP contribution in [0.2, 0.25) is 0 Å². The standard InChI is InChI=1S/C12H16N4O4/c17-9(18)5-6-3-7-1-2-8(4-6)16(7)10-11(19)13-12(20)15-14-10/h6-8H,1-5H2,(H,17,18)(H2,13,15,19,20). The molecule has 0 saturated carbocycles. The second-order valence-corrected chi connectivity index (χ2v) is 5.56. The molecule has 2 aliphatic heterocycles. The highest BCUT2D eigenvalue weighted by atomic mass is 16.4. The lowest BCUT2D eigenvalue weighted by Crippen LogP contribution is -2.47. The summed E-state index contributed by atoms with van der Waals surface area (Å²) in [6.45, 7) is 0. The minimum Gasteiger partial charge on any atom is -0.481 e. The number of carboxylic acid groups (broad SMARTS) is 1. The molecule has 1 aromatic heterocycles. The molecule has 0 radical (unpaired) electrons. The van der Waals surface area contributed by atoms with E-state index in [4.69, 9.17) is 5.11 Å². The van der Waals surface area contributed by atoms with E-state index in [1.807, 2.05) is 4.90 Å². The molecule has 3 N–H and O–H groups in total. The number of aromatic nitrogens is 3. The summed E-state index contributed by atoms with van der Waals surface area (Å²) in [5.74, 6) is -0.378. The molecule has 3 heterocycles. The number of fused-ring (bicyclic) bond motifs is 2. The van der Waals surface area contributed by atoms with Crippen LogP contribution in [0.4, 0.5) is 5.82 Å². The summed E-state index contributed by atoms with van der Waals surface area (Å²) in [5.41, 5.74) is -1.10. The maximum Gasteiger partial charge on any atom is 0.342 e. The van der Waals surface area contributed by atoms with E-state index in [9.17, 15) is 14.4 Å². The SMILES string of the molecule is O=C(O)CC1CC2CCC(C1)N2c1n[nH]c(=O)[nH]c1=O. The maximum absolute atomic E-state index is 11.8. The number of aliphatic carboxylic acids is 1. The van der Waals surface area contributed by atoms with E-state index in [1.54, 1.807) is 0 Å². The molecule has 0 aliphatic carbocycles. The van der Waals surface area contributed by atoms with Crippen molar-refractivity contribution in [3.05, 3.63) is 20.8 Å². The number of carboxylic acids is 1. The quantitative estimate of drug-likeness (QED) is 0.698. The van der Waals surface area contributed by atoms with Crippen LogP contribution < -0.4 is 16.1 Å². The highest BCUT2D eigenvalue weighted by Gasteiger charge is 2.42. The van der Waals surface area contributed by atoms with Crippen molar-refractivity contribution in [2.75, 3.05) is 4.90 Å². The smallest absolute Gasteiger partial charge is 0.342 e. The van der Waals surface area contributed by atoms with Gasteiger partial charge >= 0.3 is 11.7 Å². The molecule has 8 heteroatoms. The summed E-state index contributed by atoms with van der Waals surface area (Å²) in [5, 5.41) is 15.0. The lowest BCUT2D eigenvalue weighted by Gasteiger charge is -2.38. The molecule has 2 atom stereocenters. The molecule has 0 aromatic carbocycles. The van der Waals surface area contributed by atoms with Crippen molar-refractivity contribution in [3.8, 4) is 0 Å². The van der Waals surface area contributed by atoms with Gasteiger partial charge in [-0.3, -0.25) is 14.6 Å². The van der Waals surface area contributed by atoms with Crippen molar-refractivity contribution in [1.29, 1.82) is 0 Å². The van der Waals surface area contributed by atoms with Crippen LogP contribution in [0.3, 0.4) is 0 Å². The molecular weight excluding hydrogens is 264 g/mol. The predicted molar refractivity (Wildman–Crippen MR) is 69.7 cm³/mol. The molecule has 0 spiro atoms. The summed E-state index contributed by atoms with van der Waals surface area (Å²) < 4.78 is 0. The molecule has 108 valence electrons. The van der Waals surface area contributed by atoms with Crippen molar-refractivity contribution < 1.29 is 9.90 Å². The van der Waals surface area contributed by atoms with Gasteiger partial charge in [0.15, 0.2) is 0 Å². The van der Waals surface area contributed by atoms with Crippen molar-refractivity contribution in [2.24, 2.45) is 5.92 Å². The van der Waals surface area contributed by atoms with Gasteiger partial charge in [0.25, 0.3) is 5.56 Å². The molecule has 2 bridgehead atoms. The number of anilines is 1. The normalized spacial score (nSPS) is 28.6. The van der Waals surface area contributed by atoms with Gasteiger partial charge in [-0.15, -0.1) is 5.10 Å². The Morgan fingerprint density at radius 3 is 2.50 bits per heavy atom. The number of H-pyrrole nitrogens is 2. The molecule has 0 amide bonds. The van der Waals surface area contributed by atoms with Crippen LogP contribution in [0.1, 0.15) is 32.1 Å². The van der Waals surface area contributed by atoms with Crippen LogP contribution >= 0.6 is 0 Å². The topological polar surface area (TPSA) is 119 Å². The lowest BCUT2D eigenvalue weighted by atomic mass is 9.88. The van der Waals surface area contributed by atoms with Crippen molar-refractivity contribution >= 4 is 11.8 Å². The number of hydrogen-bond donors (Lipinski definition) is 3. The van der Waals surface area contributed by atoms with Crippen LogP contribution in [-0.2, 0) is 4.79 Å². The summed E-state index contributed by atoms with van der Waals surface area (Å²) in [4.78, 5) is 37.8. The average Bonchev–Trinajstić information content (AvgIpc) is 2.62. The first-order chi connectivity index (χ1) is 9.54. The molecule has 8 nitrogen and oxygen atoms in total. The Morgan fingerprint density at radius 1 is 1.30 bits per heavy atom. The third-order valence-corrected chi connectivity index (χ3v) is 4.23. The molecule has 2 fully saturated rings. The van der Waals surface area contributed by atoms with Gasteiger partial charge in [-0.1, -0.05) is 0 Å². The summed E-state index contributed by atoms with van der Waals surface area (Å²) >= 11 is 0. The Labute approximate surface area is 113 Å². The Kier molecular flexibility index (Phi) is 3.07. The number of piperidine rings is 1. The minimum absolute atomic E-state index is 0.137. The average molecular weight is 280 g/mol. The van der Waals surface area contributed by atoms with Gasteiger partial charge in [-0.05, 0) is 31.6 Å². The zero-order chi connectivity index (χ0) is 14.3. The number of carbonyl (C=O) groups is 1. The Balaban J connectivity index is 1.85. The lowest BCUT2D eigenvalue weighted by molar-refractivity contribution is -0.138. The first-order valence-electron chi connectivity index (χ1n) is 6.73. The number of nitrogens with zero attached hydrogens (tertiary/aromatic N) is 2. The van der Waals surface area contributed by atoms with E-state index in [-0.39, 0.29) is 30.2 Å². The molecule has 1 aromatic rings. The monoisotopic (exact) mass is 280 g/mol. The van der Waals surface area contributed by atoms with E-state index < -0.39 is 17.2 Å². The van der Waals surface area contributed by atoms with Gasteiger partial charge in [0.05, 0.1) is 0 Å². The third kappa shape index (κ3) is 2.21. The van der Waals surface area contributed by atoms with E-state index >= 15 is 0 Å². The molecule has 3 rings (SSSR count). The minimum atomic E-state index is -0.775. The van der Waals surface area contributed by atoms with E-state index in [0.717, 1.165) is 25.7 Å². The fourth-order valence-corrected chi connectivity index (χ4v) is 3.57. The largest absolute Gasteiger partial charge is 0.481 e. The highest BCUT2D eigenvalue weighted by Crippen LogP contribution is 2.40. The zero-order valence-corrected chi connectivity index (χ0v) is 10.8. The Bertz CT molecular complexity index is 623. The number of hydrogen-bond acceptors (Lipinski definition) is 5. The summed E-state index contributed by atoms with van der Waals surface area (Å²) in [6.07, 6.45) is 3.55. The molecule has 2 saturated heterocycles. The summed E-state index contributed by atoms with van der Waals surface area (Å²) in [7, 11) is 0. The number of nitrogens with one attached hydrogen (secondary N) is 2.